The number of alkyl halides is 2. The van der Waals surface area contributed by atoms with E-state index in [-0.39, 0.29) is 0 Å². The maximum Gasteiger partial charge on any atom is 0.223 e. The van der Waals surface area contributed by atoms with Crippen LogP contribution in [0.4, 0.5) is 0 Å². The van der Waals surface area contributed by atoms with Crippen molar-refractivity contribution in [3.8, 4) is 0 Å². The highest BCUT2D eigenvalue weighted by atomic mass is 35.5. The Bertz CT molecular complexity index is 205. The van der Waals surface area contributed by atoms with Gasteiger partial charge in [0, 0.05) is 11.5 Å². The zero-order valence-corrected chi connectivity index (χ0v) is 11.0. The molecule has 13 heavy (non-hydrogen) atoms. The van der Waals surface area contributed by atoms with Gasteiger partial charge in [0.25, 0.3) is 0 Å². The summed E-state index contributed by atoms with van der Waals surface area (Å²) in [4.78, 5) is 0. The lowest BCUT2D eigenvalue weighted by Gasteiger charge is -2.15. The van der Waals surface area contributed by atoms with Gasteiger partial charge >= 0.3 is 0 Å². The second-order valence-corrected chi connectivity index (χ2v) is 12.0. The molecule has 0 aromatic carbocycles. The first kappa shape index (κ1) is 14.0. The predicted molar refractivity (Wildman–Crippen MR) is 68.4 cm³/mol. The lowest BCUT2D eigenvalue weighted by Crippen LogP contribution is -1.85. The van der Waals surface area contributed by atoms with Gasteiger partial charge in [0.1, 0.15) is 0 Å². The van der Waals surface area contributed by atoms with E-state index in [1.807, 2.05) is 0 Å². The standard InChI is InChI=1S/C7H11Cl2OPS2/c1-3-5-12-11(10,7(8)9)13-6-4-2/h3-4,7H,1-2,5-6H2. The van der Waals surface area contributed by atoms with Crippen LogP contribution in [0.5, 0.6) is 0 Å². The van der Waals surface area contributed by atoms with Crippen molar-refractivity contribution in [3.63, 3.8) is 0 Å². The second kappa shape index (κ2) is 7.30. The molecule has 0 aliphatic heterocycles. The fourth-order valence-electron chi connectivity index (χ4n) is 0.463. The van der Waals surface area contributed by atoms with Gasteiger partial charge in [-0.2, -0.15) is 0 Å². The Kier molecular flexibility index (Phi) is 7.86. The van der Waals surface area contributed by atoms with Crippen molar-refractivity contribution in [2.75, 3.05) is 11.5 Å². The van der Waals surface area contributed by atoms with Crippen LogP contribution >= 0.6 is 51.5 Å². The van der Waals surface area contributed by atoms with E-state index >= 15 is 0 Å². The summed E-state index contributed by atoms with van der Waals surface area (Å²) in [6.07, 6.45) is 3.36. The molecule has 0 fully saturated rings. The molecular weight excluding hydrogens is 266 g/mol. The van der Waals surface area contributed by atoms with Crippen molar-refractivity contribution in [1.29, 1.82) is 0 Å². The average molecular weight is 277 g/mol. The van der Waals surface area contributed by atoms with Gasteiger partial charge in [-0.25, -0.2) is 0 Å². The molecule has 0 rings (SSSR count). The molecule has 0 bridgehead atoms. The highest BCUT2D eigenvalue weighted by Crippen LogP contribution is 2.74. The largest absolute Gasteiger partial charge is 0.298 e. The number of hydrogen-bond donors (Lipinski definition) is 0. The first-order chi connectivity index (χ1) is 6.06. The van der Waals surface area contributed by atoms with E-state index in [4.69, 9.17) is 23.2 Å². The summed E-state index contributed by atoms with van der Waals surface area (Å²) in [6, 6.07) is 0. The summed E-state index contributed by atoms with van der Waals surface area (Å²) < 4.78 is 11.2. The van der Waals surface area contributed by atoms with E-state index < -0.39 is 10.1 Å². The molecule has 0 atom stereocenters. The average Bonchev–Trinajstić information content (AvgIpc) is 2.11. The number of rotatable bonds is 7. The fraction of sp³-hybridized carbons (Fsp3) is 0.429. The first-order valence-electron chi connectivity index (χ1n) is 3.45. The van der Waals surface area contributed by atoms with Crippen LogP contribution in [-0.2, 0) is 4.57 Å². The topological polar surface area (TPSA) is 17.1 Å². The van der Waals surface area contributed by atoms with E-state index in [1.165, 1.54) is 22.8 Å². The molecule has 0 aromatic rings. The molecule has 0 unspecified atom stereocenters. The maximum absolute atomic E-state index is 12.0. The summed E-state index contributed by atoms with van der Waals surface area (Å²) in [5, 5.41) is 0. The molecule has 0 saturated heterocycles. The van der Waals surface area contributed by atoms with Gasteiger partial charge in [0.15, 0.2) is 4.58 Å². The zero-order chi connectivity index (χ0) is 10.3. The third kappa shape index (κ3) is 5.44. The monoisotopic (exact) mass is 276 g/mol. The van der Waals surface area contributed by atoms with E-state index in [1.54, 1.807) is 12.2 Å². The summed E-state index contributed by atoms with van der Waals surface area (Å²) in [6.45, 7) is 7.09. The lowest BCUT2D eigenvalue weighted by molar-refractivity contribution is 0.595. The molecule has 76 valence electrons. The van der Waals surface area contributed by atoms with Gasteiger partial charge in [-0.15, -0.1) is 13.2 Å². The van der Waals surface area contributed by atoms with E-state index in [0.29, 0.717) is 11.5 Å². The van der Waals surface area contributed by atoms with Gasteiger partial charge in [0.2, 0.25) is 5.55 Å². The van der Waals surface area contributed by atoms with Crippen LogP contribution in [0, 0.1) is 0 Å². The number of halogens is 2. The van der Waals surface area contributed by atoms with Crippen molar-refractivity contribution in [1.82, 2.24) is 0 Å². The lowest BCUT2D eigenvalue weighted by atomic mass is 10.8. The van der Waals surface area contributed by atoms with Crippen molar-refractivity contribution in [3.05, 3.63) is 25.3 Å². The van der Waals surface area contributed by atoms with Crippen molar-refractivity contribution in [2.24, 2.45) is 0 Å². The predicted octanol–water partition coefficient (Wildman–Crippen LogP) is 4.78. The summed E-state index contributed by atoms with van der Waals surface area (Å²) in [5.41, 5.74) is -2.60. The molecule has 0 aliphatic carbocycles. The van der Waals surface area contributed by atoms with Crippen molar-refractivity contribution >= 4 is 51.5 Å². The van der Waals surface area contributed by atoms with Crippen LogP contribution in [0.2, 0.25) is 0 Å². The summed E-state index contributed by atoms with van der Waals surface area (Å²) in [7, 11) is 0. The van der Waals surface area contributed by atoms with Crippen LogP contribution in [0.1, 0.15) is 0 Å². The quantitative estimate of drug-likeness (QED) is 0.379. The Morgan fingerprint density at radius 3 is 1.85 bits per heavy atom. The molecule has 1 nitrogen and oxygen atoms in total. The van der Waals surface area contributed by atoms with Crippen LogP contribution in [0.25, 0.3) is 0 Å². The van der Waals surface area contributed by atoms with Crippen molar-refractivity contribution < 1.29 is 4.57 Å². The SMILES string of the molecule is C=CCSP(=O)(SCC=C)C(Cl)Cl. The smallest absolute Gasteiger partial charge is 0.223 e. The Morgan fingerprint density at radius 1 is 1.23 bits per heavy atom. The highest BCUT2D eigenvalue weighted by Gasteiger charge is 2.30. The molecule has 0 amide bonds. The molecule has 0 N–H and O–H groups in total. The first-order valence-corrected chi connectivity index (χ1v) is 9.28. The minimum Gasteiger partial charge on any atom is -0.298 e. The van der Waals surface area contributed by atoms with Crippen LogP contribution in [0.15, 0.2) is 25.3 Å². The van der Waals surface area contributed by atoms with E-state index in [0.717, 1.165) is 0 Å². The fourth-order valence-corrected chi connectivity index (χ4v) is 7.96. The Morgan fingerprint density at radius 2 is 1.62 bits per heavy atom. The molecule has 0 aliphatic rings. The highest BCUT2D eigenvalue weighted by molar-refractivity contribution is 8.91. The van der Waals surface area contributed by atoms with Crippen LogP contribution < -0.4 is 0 Å². The zero-order valence-electron chi connectivity index (χ0n) is 6.99. The minimum absolute atomic E-state index is 0.595. The van der Waals surface area contributed by atoms with Gasteiger partial charge in [0.05, 0.1) is 0 Å². The molecular formula is C7H11Cl2OPS2. The summed E-state index contributed by atoms with van der Waals surface area (Å²) >= 11 is 13.8. The summed E-state index contributed by atoms with van der Waals surface area (Å²) in [5.74, 6) is 1.19. The van der Waals surface area contributed by atoms with Crippen LogP contribution in [-0.4, -0.2) is 16.1 Å². The third-order valence-corrected chi connectivity index (χ3v) is 12.2. The van der Waals surface area contributed by atoms with E-state index in [2.05, 4.69) is 13.2 Å². The van der Waals surface area contributed by atoms with Crippen molar-refractivity contribution in [2.45, 2.75) is 4.58 Å². The van der Waals surface area contributed by atoms with Gasteiger partial charge in [-0.3, -0.25) is 4.57 Å². The Hall–Kier alpha value is 0.990. The normalized spacial score (nSPS) is 11.6. The third-order valence-electron chi connectivity index (χ3n) is 0.984. The molecule has 0 spiro atoms. The van der Waals surface area contributed by atoms with Crippen LogP contribution in [0.3, 0.4) is 0 Å². The minimum atomic E-state index is -2.60. The second-order valence-electron chi connectivity index (χ2n) is 1.99. The molecule has 0 radical (unpaired) electrons. The maximum atomic E-state index is 12.0. The number of hydrogen-bond acceptors (Lipinski definition) is 3. The van der Waals surface area contributed by atoms with E-state index in [9.17, 15) is 4.57 Å². The van der Waals surface area contributed by atoms with Gasteiger partial charge < -0.3 is 0 Å². The Balaban J connectivity index is 4.24. The molecule has 6 heteroatoms. The molecule has 0 heterocycles. The van der Waals surface area contributed by atoms with Gasteiger partial charge in [-0.1, -0.05) is 58.1 Å². The van der Waals surface area contributed by atoms with Gasteiger partial charge in [-0.05, 0) is 0 Å². The Labute approximate surface area is 97.2 Å². The molecule has 0 aromatic heterocycles. The molecule has 0 saturated carbocycles.